The fourth-order valence-corrected chi connectivity index (χ4v) is 5.77. The normalized spacial score (nSPS) is 15.5. The van der Waals surface area contributed by atoms with E-state index in [1.807, 2.05) is 51.0 Å². The highest BCUT2D eigenvalue weighted by Crippen LogP contribution is 2.37. The molecule has 2 heterocycles. The number of carbonyl (C=O) groups excluding carboxylic acids is 1. The highest BCUT2D eigenvalue weighted by molar-refractivity contribution is 7.85. The monoisotopic (exact) mass is 631 g/mol. The lowest BCUT2D eigenvalue weighted by atomic mass is 10.1. The standard InChI is InChI=1S/C27H33N5O2.C7H8O3S/c1-7-21-25(19-13-14-24(32(5)6)28-16(19)3)29-22(8-2)27(30-21)31-26-20-12-10-9-11-18(20)15-23(26)34-17(4)33;1-6-2-4-7(5-3-6)11(8,9)10/h9-14,23,26H,7-8,15H2,1-6H3,(H,30,31);2-5H,1H3,(H,8,9,10). The predicted octanol–water partition coefficient (Wildman–Crippen LogP) is 5.92. The average molecular weight is 632 g/mol. The van der Waals surface area contributed by atoms with Crippen molar-refractivity contribution in [2.24, 2.45) is 0 Å². The van der Waals surface area contributed by atoms with Crippen LogP contribution in [-0.2, 0) is 38.9 Å². The van der Waals surface area contributed by atoms with E-state index >= 15 is 0 Å². The third-order valence-corrected chi connectivity index (χ3v) is 8.47. The molecule has 0 saturated carbocycles. The van der Waals surface area contributed by atoms with Crippen molar-refractivity contribution in [2.45, 2.75) is 70.9 Å². The molecule has 0 aliphatic heterocycles. The lowest BCUT2D eigenvalue weighted by Gasteiger charge is -2.24. The fourth-order valence-electron chi connectivity index (χ4n) is 5.29. The number of esters is 1. The van der Waals surface area contributed by atoms with E-state index in [1.54, 1.807) is 12.1 Å². The molecule has 2 N–H and O–H groups in total. The van der Waals surface area contributed by atoms with Crippen molar-refractivity contribution in [3.05, 3.63) is 94.4 Å². The first kappa shape index (κ1) is 33.5. The van der Waals surface area contributed by atoms with Crippen LogP contribution in [0.3, 0.4) is 0 Å². The minimum atomic E-state index is -4.02. The summed E-state index contributed by atoms with van der Waals surface area (Å²) in [6.07, 6.45) is 1.87. The van der Waals surface area contributed by atoms with Gasteiger partial charge in [-0.1, -0.05) is 55.8 Å². The Bertz CT molecular complexity index is 1770. The van der Waals surface area contributed by atoms with Crippen molar-refractivity contribution < 1.29 is 22.5 Å². The molecule has 0 spiro atoms. The zero-order valence-electron chi connectivity index (χ0n) is 26.8. The highest BCUT2D eigenvalue weighted by Gasteiger charge is 2.35. The number of carbonyl (C=O) groups is 1. The van der Waals surface area contributed by atoms with Crippen molar-refractivity contribution in [3.63, 3.8) is 0 Å². The first-order valence-electron chi connectivity index (χ1n) is 14.9. The highest BCUT2D eigenvalue weighted by atomic mass is 32.2. The molecule has 2 aromatic carbocycles. The van der Waals surface area contributed by atoms with E-state index < -0.39 is 10.1 Å². The number of aryl methyl sites for hydroxylation is 4. The van der Waals surface area contributed by atoms with Crippen molar-refractivity contribution in [1.29, 1.82) is 0 Å². The van der Waals surface area contributed by atoms with Crippen LogP contribution in [0.15, 0.2) is 65.6 Å². The van der Waals surface area contributed by atoms with E-state index in [2.05, 4.69) is 37.4 Å². The fraction of sp³-hybridized carbons (Fsp3) is 0.353. The first-order chi connectivity index (χ1) is 21.3. The Morgan fingerprint density at radius 1 is 0.956 bits per heavy atom. The molecule has 1 aliphatic carbocycles. The van der Waals surface area contributed by atoms with E-state index in [1.165, 1.54) is 24.6 Å². The van der Waals surface area contributed by atoms with E-state index in [9.17, 15) is 13.2 Å². The molecule has 5 rings (SSSR count). The minimum absolute atomic E-state index is 0.0666. The van der Waals surface area contributed by atoms with Gasteiger partial charge in [0.1, 0.15) is 17.7 Å². The quantitative estimate of drug-likeness (QED) is 0.178. The number of hydrogen-bond acceptors (Lipinski definition) is 9. The molecule has 0 amide bonds. The average Bonchev–Trinajstić information content (AvgIpc) is 3.32. The van der Waals surface area contributed by atoms with Gasteiger partial charge >= 0.3 is 5.97 Å². The van der Waals surface area contributed by atoms with Gasteiger partial charge in [-0.05, 0) is 62.1 Å². The lowest BCUT2D eigenvalue weighted by Crippen LogP contribution is -2.27. The van der Waals surface area contributed by atoms with Gasteiger partial charge in [-0.3, -0.25) is 9.35 Å². The van der Waals surface area contributed by atoms with Gasteiger partial charge in [0.25, 0.3) is 10.1 Å². The van der Waals surface area contributed by atoms with Gasteiger partial charge < -0.3 is 15.0 Å². The summed E-state index contributed by atoms with van der Waals surface area (Å²) in [7, 11) is -0.0501. The van der Waals surface area contributed by atoms with Crippen LogP contribution in [0, 0.1) is 13.8 Å². The number of ether oxygens (including phenoxy) is 1. The number of hydrogen-bond donors (Lipinski definition) is 2. The third kappa shape index (κ3) is 8.03. The van der Waals surface area contributed by atoms with Crippen LogP contribution in [0.1, 0.15) is 60.6 Å². The maximum atomic E-state index is 11.8. The van der Waals surface area contributed by atoms with Crippen LogP contribution in [-0.4, -0.2) is 54.1 Å². The number of fused-ring (bicyclic) bond motifs is 1. The maximum absolute atomic E-state index is 11.8. The Balaban J connectivity index is 0.000000354. The molecule has 2 unspecified atom stereocenters. The van der Waals surface area contributed by atoms with E-state index in [-0.39, 0.29) is 23.0 Å². The molecule has 238 valence electrons. The van der Waals surface area contributed by atoms with Gasteiger partial charge in [0, 0.05) is 38.7 Å². The topological polar surface area (TPSA) is 135 Å². The van der Waals surface area contributed by atoms with Crippen LogP contribution in [0.2, 0.25) is 0 Å². The van der Waals surface area contributed by atoms with Gasteiger partial charge in [-0.2, -0.15) is 8.42 Å². The molecule has 2 aromatic heterocycles. The Morgan fingerprint density at radius 3 is 2.20 bits per heavy atom. The van der Waals surface area contributed by atoms with Gasteiger partial charge in [0.05, 0.1) is 28.0 Å². The number of nitrogens with one attached hydrogen (secondary N) is 1. The van der Waals surface area contributed by atoms with Crippen molar-refractivity contribution in [2.75, 3.05) is 24.3 Å². The molecule has 0 radical (unpaired) electrons. The summed E-state index contributed by atoms with van der Waals surface area (Å²) in [6.45, 7) is 9.48. The molecule has 0 bridgehead atoms. The summed E-state index contributed by atoms with van der Waals surface area (Å²) >= 11 is 0. The zero-order valence-corrected chi connectivity index (χ0v) is 27.6. The van der Waals surface area contributed by atoms with Gasteiger partial charge in [-0.15, -0.1) is 0 Å². The van der Waals surface area contributed by atoms with Crippen molar-refractivity contribution in [1.82, 2.24) is 15.0 Å². The molecule has 4 aromatic rings. The number of pyridine rings is 1. The summed E-state index contributed by atoms with van der Waals surface area (Å²) in [5, 5.41) is 3.59. The van der Waals surface area contributed by atoms with Gasteiger partial charge in [-0.25, -0.2) is 15.0 Å². The lowest BCUT2D eigenvalue weighted by molar-refractivity contribution is -0.146. The number of rotatable bonds is 8. The second-order valence-corrected chi connectivity index (χ2v) is 12.6. The summed E-state index contributed by atoms with van der Waals surface area (Å²) in [4.78, 5) is 28.6. The Morgan fingerprint density at radius 2 is 1.62 bits per heavy atom. The van der Waals surface area contributed by atoms with Crippen LogP contribution >= 0.6 is 0 Å². The Labute approximate surface area is 265 Å². The van der Waals surface area contributed by atoms with Gasteiger partial charge in [0.2, 0.25) is 0 Å². The van der Waals surface area contributed by atoms with E-state index in [4.69, 9.17) is 24.2 Å². The molecule has 0 fully saturated rings. The SMILES string of the molecule is CCc1nc(-c2ccc(N(C)C)nc2C)c(CC)nc1NC1c2ccccc2CC1OC(C)=O.Cc1ccc(S(=O)(=O)O)cc1. The summed E-state index contributed by atoms with van der Waals surface area (Å²) in [6, 6.07) is 18.1. The van der Waals surface area contributed by atoms with Crippen LogP contribution in [0.5, 0.6) is 0 Å². The smallest absolute Gasteiger partial charge is 0.302 e. The largest absolute Gasteiger partial charge is 0.460 e. The number of anilines is 2. The van der Waals surface area contributed by atoms with Crippen LogP contribution in [0.4, 0.5) is 11.6 Å². The van der Waals surface area contributed by atoms with E-state index in [0.717, 1.165) is 63.9 Å². The Hall–Kier alpha value is -4.35. The zero-order chi connectivity index (χ0) is 32.9. The third-order valence-electron chi connectivity index (χ3n) is 7.61. The molecule has 10 nitrogen and oxygen atoms in total. The number of benzene rings is 2. The maximum Gasteiger partial charge on any atom is 0.302 e. The van der Waals surface area contributed by atoms with Crippen molar-refractivity contribution >= 4 is 27.7 Å². The summed E-state index contributed by atoms with van der Waals surface area (Å²) < 4.78 is 35.2. The predicted molar refractivity (Wildman–Crippen MR) is 176 cm³/mol. The summed E-state index contributed by atoms with van der Waals surface area (Å²) in [5.74, 6) is 1.38. The van der Waals surface area contributed by atoms with E-state index in [0.29, 0.717) is 6.42 Å². The molecule has 45 heavy (non-hydrogen) atoms. The summed E-state index contributed by atoms with van der Waals surface area (Å²) in [5.41, 5.74) is 7.89. The molecule has 0 saturated heterocycles. The molecule has 1 aliphatic rings. The van der Waals surface area contributed by atoms with Crippen LogP contribution < -0.4 is 10.2 Å². The number of aromatic nitrogens is 3. The Kier molecular flexibility index (Phi) is 10.6. The van der Waals surface area contributed by atoms with Gasteiger partial charge in [0.15, 0.2) is 0 Å². The molecule has 2 atom stereocenters. The van der Waals surface area contributed by atoms with Crippen LogP contribution in [0.25, 0.3) is 11.3 Å². The second kappa shape index (κ2) is 14.2. The second-order valence-electron chi connectivity index (χ2n) is 11.2. The molecular formula is C34H41N5O5S. The first-order valence-corrected chi connectivity index (χ1v) is 16.4. The van der Waals surface area contributed by atoms with Crippen molar-refractivity contribution in [3.8, 4) is 11.3 Å². The molecular weight excluding hydrogens is 590 g/mol. The number of nitrogens with zero attached hydrogens (tertiary/aromatic N) is 4. The minimum Gasteiger partial charge on any atom is -0.460 e. The molecule has 11 heteroatoms.